The molecule has 0 radical (unpaired) electrons. The van der Waals surface area contributed by atoms with Crippen molar-refractivity contribution in [1.82, 2.24) is 0 Å². The SMILES string of the molecule is C#C[C@]1(O)CC[C@H]2[C@@H]3CCc4cc(O)ccc4[C@H]3CC[C@@]21C.C#C[C@]1(OC(C)=O)CC[C@H]2[C@@H]3CCC4=C/C(=N/O)CC[C@@H]4[C@H]3CC[C@@]21CC.CC1=C(/C=C/C(C)=C/C=C/C(C)=C\C(=O)O)C(C)(C)CCC1. The topological polar surface area (TPSA) is 137 Å². The van der Waals surface area contributed by atoms with Gasteiger partial charge in [-0.15, -0.1) is 12.8 Å². The fraction of sp³-hybridized carbons (Fsp3) is 0.603. The molecule has 0 amide bonds. The summed E-state index contributed by atoms with van der Waals surface area (Å²) in [5.74, 6) is 9.16. The Kier molecular flexibility index (Phi) is 16.3. The Bertz CT molecular complexity index is 2500. The molecule has 382 valence electrons. The number of aryl methyl sites for hydroxylation is 1. The lowest BCUT2D eigenvalue weighted by Crippen LogP contribution is -2.55. The number of carboxylic acid groups (broad SMARTS) is 1. The number of benzene rings is 1. The maximum absolute atomic E-state index is 11.9. The van der Waals surface area contributed by atoms with Crippen LogP contribution in [0.2, 0.25) is 0 Å². The van der Waals surface area contributed by atoms with E-state index in [0.29, 0.717) is 47.2 Å². The molecular weight excluding hydrogens is 883 g/mol. The largest absolute Gasteiger partial charge is 0.508 e. The first-order valence-corrected chi connectivity index (χ1v) is 27.0. The molecule has 0 aliphatic heterocycles. The van der Waals surface area contributed by atoms with Crippen LogP contribution in [0.5, 0.6) is 5.75 Å². The van der Waals surface area contributed by atoms with E-state index >= 15 is 0 Å². The number of phenolic OH excluding ortho intramolecular Hbond substituents is 1. The van der Waals surface area contributed by atoms with E-state index in [1.807, 2.05) is 24.3 Å². The van der Waals surface area contributed by atoms with E-state index < -0.39 is 17.2 Å². The van der Waals surface area contributed by atoms with Crippen molar-refractivity contribution in [3.63, 3.8) is 0 Å². The van der Waals surface area contributed by atoms with Gasteiger partial charge in [-0.05, 0) is 224 Å². The second-order valence-electron chi connectivity index (χ2n) is 23.6. The van der Waals surface area contributed by atoms with E-state index in [2.05, 4.69) is 82.8 Å². The number of nitrogens with zero attached hydrogens (tertiary/aromatic N) is 1. The Morgan fingerprint density at radius 3 is 2.25 bits per heavy atom. The Labute approximate surface area is 426 Å². The fourth-order valence-corrected chi connectivity index (χ4v) is 16.2. The Morgan fingerprint density at radius 1 is 0.831 bits per heavy atom. The number of esters is 1. The lowest BCUT2D eigenvalue weighted by Gasteiger charge is -2.56. The lowest BCUT2D eigenvalue weighted by molar-refractivity contribution is -0.170. The van der Waals surface area contributed by atoms with Gasteiger partial charge >= 0.3 is 11.9 Å². The number of hydrogen-bond donors (Lipinski definition) is 4. The molecule has 0 spiro atoms. The molecule has 8 aliphatic rings. The van der Waals surface area contributed by atoms with Gasteiger partial charge in [-0.1, -0.05) is 97.9 Å². The van der Waals surface area contributed by atoms with Crippen LogP contribution in [0.1, 0.15) is 182 Å². The van der Waals surface area contributed by atoms with Gasteiger partial charge in [0.25, 0.3) is 0 Å². The zero-order valence-electron chi connectivity index (χ0n) is 44.2. The lowest BCUT2D eigenvalue weighted by atomic mass is 9.49. The Morgan fingerprint density at radius 2 is 1.58 bits per heavy atom. The summed E-state index contributed by atoms with van der Waals surface area (Å²) >= 11 is 0. The zero-order chi connectivity index (χ0) is 51.5. The molecule has 0 saturated heterocycles. The van der Waals surface area contributed by atoms with Crippen molar-refractivity contribution in [1.29, 1.82) is 0 Å². The minimum Gasteiger partial charge on any atom is -0.508 e. The van der Waals surface area contributed by atoms with Crippen LogP contribution in [0, 0.1) is 76.4 Å². The summed E-state index contributed by atoms with van der Waals surface area (Å²) in [4.78, 5) is 22.4. The number of allylic oxidation sites excluding steroid dienone is 11. The van der Waals surface area contributed by atoms with Gasteiger partial charge in [0.2, 0.25) is 0 Å². The van der Waals surface area contributed by atoms with Gasteiger partial charge in [-0.3, -0.25) is 4.79 Å². The first kappa shape index (κ1) is 53.7. The smallest absolute Gasteiger partial charge is 0.328 e. The van der Waals surface area contributed by atoms with Crippen LogP contribution >= 0.6 is 0 Å². The van der Waals surface area contributed by atoms with Crippen molar-refractivity contribution >= 4 is 17.7 Å². The van der Waals surface area contributed by atoms with Crippen LogP contribution in [0.15, 0.2) is 93.8 Å². The summed E-state index contributed by atoms with van der Waals surface area (Å²) in [6, 6.07) is 5.87. The number of terminal acetylenes is 2. The molecule has 8 nitrogen and oxygen atoms in total. The predicted octanol–water partition coefficient (Wildman–Crippen LogP) is 13.9. The summed E-state index contributed by atoms with van der Waals surface area (Å²) < 4.78 is 5.90. The molecule has 1 aromatic rings. The van der Waals surface area contributed by atoms with E-state index in [0.717, 1.165) is 107 Å². The molecule has 0 unspecified atom stereocenters. The normalized spacial score (nSPS) is 36.5. The number of carboxylic acids is 1. The molecule has 71 heavy (non-hydrogen) atoms. The second-order valence-corrected chi connectivity index (χ2v) is 23.6. The fourth-order valence-electron chi connectivity index (χ4n) is 16.2. The summed E-state index contributed by atoms with van der Waals surface area (Å²) in [7, 11) is 0. The van der Waals surface area contributed by atoms with Crippen molar-refractivity contribution in [2.45, 2.75) is 188 Å². The number of aromatic hydroxyl groups is 1. The quantitative estimate of drug-likeness (QED) is 0.0533. The van der Waals surface area contributed by atoms with Crippen molar-refractivity contribution in [2.75, 3.05) is 0 Å². The van der Waals surface area contributed by atoms with E-state index in [4.69, 9.17) is 27.9 Å². The summed E-state index contributed by atoms with van der Waals surface area (Å²) in [5.41, 5.74) is 8.32. The second kappa shape index (κ2) is 21.6. The van der Waals surface area contributed by atoms with Gasteiger partial charge in [-0.25, -0.2) is 4.79 Å². The predicted molar refractivity (Wildman–Crippen MR) is 285 cm³/mol. The van der Waals surface area contributed by atoms with E-state index in [-0.39, 0.29) is 22.2 Å². The first-order valence-electron chi connectivity index (χ1n) is 27.0. The van der Waals surface area contributed by atoms with Crippen LogP contribution in [-0.2, 0) is 20.7 Å². The third-order valence-corrected chi connectivity index (χ3v) is 19.7. The summed E-state index contributed by atoms with van der Waals surface area (Å²) in [6.07, 6.45) is 44.3. The van der Waals surface area contributed by atoms with Gasteiger partial charge in [0.15, 0.2) is 5.60 Å². The van der Waals surface area contributed by atoms with E-state index in [1.54, 1.807) is 13.0 Å². The third kappa shape index (κ3) is 10.4. The van der Waals surface area contributed by atoms with Gasteiger partial charge in [0.1, 0.15) is 11.4 Å². The summed E-state index contributed by atoms with van der Waals surface area (Å²) in [5, 5.41) is 41.9. The van der Waals surface area contributed by atoms with Gasteiger partial charge < -0.3 is 25.3 Å². The molecule has 4 N–H and O–H groups in total. The van der Waals surface area contributed by atoms with E-state index in [9.17, 15) is 19.8 Å². The number of ether oxygens (including phenoxy) is 1. The van der Waals surface area contributed by atoms with Gasteiger partial charge in [-0.2, -0.15) is 0 Å². The van der Waals surface area contributed by atoms with Gasteiger partial charge in [0, 0.05) is 23.8 Å². The zero-order valence-corrected chi connectivity index (χ0v) is 44.2. The highest BCUT2D eigenvalue weighted by Gasteiger charge is 2.66. The van der Waals surface area contributed by atoms with Crippen molar-refractivity contribution in [3.8, 4) is 30.4 Å². The Hall–Kier alpha value is -5.05. The van der Waals surface area contributed by atoms with Crippen LogP contribution < -0.4 is 0 Å². The van der Waals surface area contributed by atoms with Gasteiger partial charge in [0.05, 0.1) is 5.71 Å². The molecule has 0 heterocycles. The minimum absolute atomic E-state index is 0.0673. The van der Waals surface area contributed by atoms with Crippen molar-refractivity contribution < 1.29 is 34.9 Å². The Balaban J connectivity index is 0.000000158. The number of carbonyl (C=O) groups is 2. The number of aliphatic carboxylic acids is 1. The highest BCUT2D eigenvalue weighted by Crippen LogP contribution is 2.68. The molecular formula is C63H83NO7. The highest BCUT2D eigenvalue weighted by molar-refractivity contribution is 5.96. The van der Waals surface area contributed by atoms with Crippen LogP contribution in [0.4, 0.5) is 0 Å². The number of oxime groups is 1. The maximum Gasteiger partial charge on any atom is 0.328 e. The molecule has 0 aromatic heterocycles. The number of aliphatic hydroxyl groups is 1. The van der Waals surface area contributed by atoms with E-state index in [1.165, 1.54) is 66.5 Å². The number of fused-ring (bicyclic) bond motifs is 10. The number of rotatable bonds is 7. The molecule has 8 aliphatic carbocycles. The van der Waals surface area contributed by atoms with Crippen molar-refractivity contribution in [2.24, 2.45) is 56.9 Å². The molecule has 8 heteroatoms. The monoisotopic (exact) mass is 966 g/mol. The average molecular weight is 966 g/mol. The van der Waals surface area contributed by atoms with Crippen LogP contribution in [0.25, 0.3) is 0 Å². The molecule has 1 aromatic carbocycles. The van der Waals surface area contributed by atoms with Crippen LogP contribution in [-0.4, -0.2) is 49.4 Å². The number of phenols is 1. The molecule has 5 fully saturated rings. The third-order valence-electron chi connectivity index (χ3n) is 19.7. The number of carbonyl (C=O) groups excluding carboxylic acids is 1. The first-order chi connectivity index (χ1) is 33.7. The van der Waals surface area contributed by atoms with Crippen LogP contribution in [0.3, 0.4) is 0 Å². The highest BCUT2D eigenvalue weighted by atomic mass is 16.6. The standard InChI is InChI=1S/C23H31NO3.C20H24O2.C20H28O2/c1-4-22-12-10-19-18-9-7-17(24-26)14-16(18)6-8-20(19)21(22)11-13-23(22,5-2)27-15(3)25;1-3-20(22)11-9-18-17-6-4-13-12-14(21)5-7-15(13)16(17)8-10-19(18,20)2;1-15(8-6-9-16(2)14-19(21)22)11-12-18-17(3)10-7-13-20(18,4)5/h2,14,18-21,26H,4,6-13H2,1,3H3;1,5,7,12,16-18,21-22H,4,6,8-11H2,2H3;6,8-9,11-12,14H,7,10,13H2,1-5H3,(H,21,22)/b24-17+;;9-6+,12-11+,15-8+,16-14-/t18-,19+,20+,21-,22-,23-;16-,17-,18+,19+,20+;/m01./s1. The average Bonchev–Trinajstić information content (AvgIpc) is 3.81. The number of hydrogen-bond acceptors (Lipinski definition) is 7. The summed E-state index contributed by atoms with van der Waals surface area (Å²) in [6.45, 7) is 16.6. The molecule has 5 saturated carbocycles. The molecule has 9 rings (SSSR count). The molecule has 0 bridgehead atoms. The molecule has 11 atom stereocenters. The van der Waals surface area contributed by atoms with Crippen molar-refractivity contribution in [3.05, 3.63) is 99.7 Å². The maximum atomic E-state index is 11.9. The minimum atomic E-state index is -0.919.